The predicted molar refractivity (Wildman–Crippen MR) is 74.8 cm³/mol. The van der Waals surface area contributed by atoms with E-state index in [1.165, 1.54) is 18.4 Å². The van der Waals surface area contributed by atoms with E-state index in [4.69, 9.17) is 0 Å². The second-order valence-electron chi connectivity index (χ2n) is 5.44. The standard InChI is InChI=1S/C14H24N4O/c1-11(14(19)17-13-5-3-4-6-13)15-8-7-12-9-16-18(2)10-12/h9-11,13,15H,3-8H2,1-2H3,(H,17,19). The summed E-state index contributed by atoms with van der Waals surface area (Å²) in [5.74, 6) is 0.123. The van der Waals surface area contributed by atoms with Crippen molar-refractivity contribution in [2.45, 2.75) is 51.1 Å². The molecule has 1 aromatic heterocycles. The van der Waals surface area contributed by atoms with Crippen LogP contribution in [0.15, 0.2) is 12.4 Å². The summed E-state index contributed by atoms with van der Waals surface area (Å²) in [7, 11) is 1.91. The molecule has 2 rings (SSSR count). The van der Waals surface area contributed by atoms with Crippen LogP contribution in [0.1, 0.15) is 38.2 Å². The molecule has 0 saturated heterocycles. The van der Waals surface area contributed by atoms with Gasteiger partial charge in [-0.25, -0.2) is 0 Å². The van der Waals surface area contributed by atoms with Gasteiger partial charge in [-0.05, 0) is 31.7 Å². The molecule has 0 radical (unpaired) electrons. The molecule has 1 heterocycles. The van der Waals surface area contributed by atoms with Gasteiger partial charge in [0.1, 0.15) is 0 Å². The van der Waals surface area contributed by atoms with Crippen LogP contribution in [-0.4, -0.2) is 34.3 Å². The summed E-state index contributed by atoms with van der Waals surface area (Å²) in [5, 5.41) is 10.5. The van der Waals surface area contributed by atoms with Crippen molar-refractivity contribution in [3.8, 4) is 0 Å². The van der Waals surface area contributed by atoms with Gasteiger partial charge in [0.15, 0.2) is 0 Å². The number of aryl methyl sites for hydroxylation is 1. The molecule has 5 heteroatoms. The Morgan fingerprint density at radius 3 is 2.89 bits per heavy atom. The van der Waals surface area contributed by atoms with Crippen LogP contribution in [0.5, 0.6) is 0 Å². The average Bonchev–Trinajstić information content (AvgIpc) is 3.01. The number of rotatable bonds is 6. The molecule has 1 aromatic rings. The van der Waals surface area contributed by atoms with E-state index in [0.717, 1.165) is 25.8 Å². The van der Waals surface area contributed by atoms with E-state index in [9.17, 15) is 4.79 Å². The van der Waals surface area contributed by atoms with Crippen LogP contribution in [0.3, 0.4) is 0 Å². The quantitative estimate of drug-likeness (QED) is 0.806. The summed E-state index contributed by atoms with van der Waals surface area (Å²) in [6, 6.07) is 0.271. The van der Waals surface area contributed by atoms with Crippen LogP contribution in [0.25, 0.3) is 0 Å². The molecule has 1 atom stereocenters. The number of hydrogen-bond acceptors (Lipinski definition) is 3. The molecule has 1 unspecified atom stereocenters. The minimum Gasteiger partial charge on any atom is -0.352 e. The maximum Gasteiger partial charge on any atom is 0.237 e. The molecule has 1 aliphatic carbocycles. The summed E-state index contributed by atoms with van der Waals surface area (Å²) >= 11 is 0. The highest BCUT2D eigenvalue weighted by molar-refractivity contribution is 5.81. The predicted octanol–water partition coefficient (Wildman–Crippen LogP) is 0.999. The molecule has 1 amide bonds. The zero-order chi connectivity index (χ0) is 13.7. The fraction of sp³-hybridized carbons (Fsp3) is 0.714. The molecule has 0 aliphatic heterocycles. The second-order valence-corrected chi connectivity index (χ2v) is 5.44. The lowest BCUT2D eigenvalue weighted by Gasteiger charge is -2.17. The summed E-state index contributed by atoms with van der Waals surface area (Å²) in [4.78, 5) is 12.0. The van der Waals surface area contributed by atoms with Crippen molar-refractivity contribution in [3.05, 3.63) is 18.0 Å². The van der Waals surface area contributed by atoms with Crippen LogP contribution in [0.2, 0.25) is 0 Å². The largest absolute Gasteiger partial charge is 0.352 e. The fourth-order valence-corrected chi connectivity index (χ4v) is 2.52. The molecule has 106 valence electrons. The van der Waals surface area contributed by atoms with Crippen LogP contribution >= 0.6 is 0 Å². The lowest BCUT2D eigenvalue weighted by atomic mass is 10.2. The van der Waals surface area contributed by atoms with Crippen molar-refractivity contribution in [1.29, 1.82) is 0 Å². The van der Waals surface area contributed by atoms with E-state index in [-0.39, 0.29) is 11.9 Å². The number of amides is 1. The molecule has 0 bridgehead atoms. The van der Waals surface area contributed by atoms with Gasteiger partial charge in [-0.3, -0.25) is 9.48 Å². The van der Waals surface area contributed by atoms with Gasteiger partial charge in [0, 0.05) is 25.8 Å². The third kappa shape index (κ3) is 4.35. The Balaban J connectivity index is 1.65. The smallest absolute Gasteiger partial charge is 0.237 e. The zero-order valence-electron chi connectivity index (χ0n) is 11.9. The molecule has 5 nitrogen and oxygen atoms in total. The monoisotopic (exact) mass is 264 g/mol. The normalized spacial score (nSPS) is 17.6. The molecular formula is C14H24N4O. The first-order chi connectivity index (χ1) is 9.15. The van der Waals surface area contributed by atoms with Crippen molar-refractivity contribution in [2.24, 2.45) is 7.05 Å². The molecule has 1 aliphatic rings. The van der Waals surface area contributed by atoms with Gasteiger partial charge in [0.05, 0.1) is 12.2 Å². The Hall–Kier alpha value is -1.36. The Bertz CT molecular complexity index is 409. The first-order valence-electron chi connectivity index (χ1n) is 7.16. The summed E-state index contributed by atoms with van der Waals surface area (Å²) in [6.07, 6.45) is 9.52. The lowest BCUT2D eigenvalue weighted by Crippen LogP contribution is -2.46. The molecule has 0 spiro atoms. The maximum absolute atomic E-state index is 12.0. The molecule has 19 heavy (non-hydrogen) atoms. The summed E-state index contributed by atoms with van der Waals surface area (Å²) < 4.78 is 1.80. The number of carbonyl (C=O) groups is 1. The third-order valence-corrected chi connectivity index (χ3v) is 3.72. The van der Waals surface area contributed by atoms with Gasteiger partial charge in [0.25, 0.3) is 0 Å². The number of nitrogens with zero attached hydrogens (tertiary/aromatic N) is 2. The number of carbonyl (C=O) groups excluding carboxylic acids is 1. The highest BCUT2D eigenvalue weighted by Crippen LogP contribution is 2.17. The van der Waals surface area contributed by atoms with Gasteiger partial charge < -0.3 is 10.6 Å². The minimum atomic E-state index is -0.128. The zero-order valence-corrected chi connectivity index (χ0v) is 11.9. The van der Waals surface area contributed by atoms with Crippen molar-refractivity contribution < 1.29 is 4.79 Å². The van der Waals surface area contributed by atoms with E-state index < -0.39 is 0 Å². The first kappa shape index (κ1) is 14.1. The molecule has 2 N–H and O–H groups in total. The molecular weight excluding hydrogens is 240 g/mol. The van der Waals surface area contributed by atoms with E-state index in [1.807, 2.05) is 26.4 Å². The highest BCUT2D eigenvalue weighted by atomic mass is 16.2. The van der Waals surface area contributed by atoms with Gasteiger partial charge in [-0.2, -0.15) is 5.10 Å². The molecule has 0 aromatic carbocycles. The van der Waals surface area contributed by atoms with Crippen molar-refractivity contribution in [3.63, 3.8) is 0 Å². The highest BCUT2D eigenvalue weighted by Gasteiger charge is 2.20. The van der Waals surface area contributed by atoms with E-state index in [0.29, 0.717) is 6.04 Å². The van der Waals surface area contributed by atoms with Crippen LogP contribution < -0.4 is 10.6 Å². The molecule has 1 saturated carbocycles. The topological polar surface area (TPSA) is 59.0 Å². The van der Waals surface area contributed by atoms with Crippen molar-refractivity contribution in [1.82, 2.24) is 20.4 Å². The second kappa shape index (κ2) is 6.70. The van der Waals surface area contributed by atoms with Gasteiger partial charge in [0.2, 0.25) is 5.91 Å². The number of aromatic nitrogens is 2. The van der Waals surface area contributed by atoms with Crippen LogP contribution in [-0.2, 0) is 18.3 Å². The van der Waals surface area contributed by atoms with E-state index >= 15 is 0 Å². The first-order valence-corrected chi connectivity index (χ1v) is 7.16. The SMILES string of the molecule is CC(NCCc1cnn(C)c1)C(=O)NC1CCCC1. The van der Waals surface area contributed by atoms with Crippen molar-refractivity contribution in [2.75, 3.05) is 6.54 Å². The van der Waals surface area contributed by atoms with Gasteiger partial charge >= 0.3 is 0 Å². The summed E-state index contributed by atoms with van der Waals surface area (Å²) in [6.45, 7) is 2.72. The molecule has 1 fully saturated rings. The van der Waals surface area contributed by atoms with Gasteiger partial charge in [-0.15, -0.1) is 0 Å². The Labute approximate surface area is 114 Å². The Kier molecular flexibility index (Phi) is 4.96. The van der Waals surface area contributed by atoms with Crippen molar-refractivity contribution >= 4 is 5.91 Å². The average molecular weight is 264 g/mol. The fourth-order valence-electron chi connectivity index (χ4n) is 2.52. The third-order valence-electron chi connectivity index (χ3n) is 3.72. The summed E-state index contributed by atoms with van der Waals surface area (Å²) in [5.41, 5.74) is 1.19. The van der Waals surface area contributed by atoms with E-state index in [1.54, 1.807) is 4.68 Å². The maximum atomic E-state index is 12.0. The number of nitrogens with one attached hydrogen (secondary N) is 2. The van der Waals surface area contributed by atoms with Crippen LogP contribution in [0.4, 0.5) is 0 Å². The Morgan fingerprint density at radius 1 is 1.53 bits per heavy atom. The van der Waals surface area contributed by atoms with Crippen LogP contribution in [0, 0.1) is 0 Å². The van der Waals surface area contributed by atoms with E-state index in [2.05, 4.69) is 15.7 Å². The number of hydrogen-bond donors (Lipinski definition) is 2. The van der Waals surface area contributed by atoms with Gasteiger partial charge in [-0.1, -0.05) is 12.8 Å². The lowest BCUT2D eigenvalue weighted by molar-refractivity contribution is -0.123. The minimum absolute atomic E-state index is 0.123. The Morgan fingerprint density at radius 2 is 2.26 bits per heavy atom.